The fraction of sp³-hybridized carbons (Fsp3) is 0.286. The van der Waals surface area contributed by atoms with Gasteiger partial charge in [0, 0.05) is 13.0 Å². The zero-order chi connectivity index (χ0) is 8.39. The molecule has 2 aromatic heterocycles. The van der Waals surface area contributed by atoms with Crippen LogP contribution < -0.4 is 0 Å². The van der Waals surface area contributed by atoms with Gasteiger partial charge in [-0.3, -0.25) is 0 Å². The highest BCUT2D eigenvalue weighted by Crippen LogP contribution is 1.99. The third-order valence-corrected chi connectivity index (χ3v) is 1.54. The van der Waals surface area contributed by atoms with Crippen LogP contribution in [0.5, 0.6) is 0 Å². The summed E-state index contributed by atoms with van der Waals surface area (Å²) in [6, 6.07) is 0. The lowest BCUT2D eigenvalue weighted by Gasteiger charge is -1.84. The first-order valence-electron chi connectivity index (χ1n) is 3.66. The zero-order valence-corrected chi connectivity index (χ0v) is 6.38. The Hall–Kier alpha value is -1.49. The quantitative estimate of drug-likeness (QED) is 0.659. The third kappa shape index (κ3) is 1.14. The van der Waals surface area contributed by atoms with E-state index < -0.39 is 0 Å². The summed E-state index contributed by atoms with van der Waals surface area (Å²) in [7, 11) is 0. The number of nitrogens with zero attached hydrogens (tertiary/aromatic N) is 4. The second-order valence-electron chi connectivity index (χ2n) is 2.39. The Morgan fingerprint density at radius 2 is 2.33 bits per heavy atom. The molecule has 0 saturated carbocycles. The van der Waals surface area contributed by atoms with Crippen molar-refractivity contribution < 1.29 is 5.11 Å². The van der Waals surface area contributed by atoms with E-state index in [0.29, 0.717) is 12.2 Å². The number of aliphatic hydroxyl groups excluding tert-OH is 1. The van der Waals surface area contributed by atoms with Gasteiger partial charge >= 0.3 is 0 Å². The second-order valence-corrected chi connectivity index (χ2v) is 2.39. The van der Waals surface area contributed by atoms with Crippen molar-refractivity contribution in [3.05, 3.63) is 24.3 Å². The van der Waals surface area contributed by atoms with Crippen LogP contribution >= 0.6 is 0 Å². The van der Waals surface area contributed by atoms with Crippen molar-refractivity contribution in [3.63, 3.8) is 0 Å². The summed E-state index contributed by atoms with van der Waals surface area (Å²) in [5.41, 5.74) is 0.809. The van der Waals surface area contributed by atoms with Crippen molar-refractivity contribution in [1.29, 1.82) is 0 Å². The predicted molar refractivity (Wildman–Crippen MR) is 41.6 cm³/mol. The molecule has 62 valence electrons. The van der Waals surface area contributed by atoms with Crippen LogP contribution in [0.1, 0.15) is 5.69 Å². The molecule has 1 N–H and O–H groups in total. The molecule has 0 unspecified atom stereocenters. The smallest absolute Gasteiger partial charge is 0.250 e. The van der Waals surface area contributed by atoms with Gasteiger partial charge in [0.15, 0.2) is 0 Å². The molecule has 2 rings (SSSR count). The molecule has 0 bridgehead atoms. The van der Waals surface area contributed by atoms with Gasteiger partial charge in [-0.05, 0) is 0 Å². The van der Waals surface area contributed by atoms with Crippen molar-refractivity contribution in [2.45, 2.75) is 6.42 Å². The molecule has 0 atom stereocenters. The zero-order valence-electron chi connectivity index (χ0n) is 6.38. The van der Waals surface area contributed by atoms with Crippen LogP contribution in [0.15, 0.2) is 18.6 Å². The first-order chi connectivity index (χ1) is 5.90. The molecule has 0 amide bonds. The molecular weight excluding hydrogens is 156 g/mol. The lowest BCUT2D eigenvalue weighted by molar-refractivity contribution is 0.298. The van der Waals surface area contributed by atoms with Crippen LogP contribution in [-0.2, 0) is 6.42 Å². The highest BCUT2D eigenvalue weighted by atomic mass is 16.3. The number of hydrogen-bond donors (Lipinski definition) is 1. The minimum absolute atomic E-state index is 0.101. The molecule has 0 saturated heterocycles. The second kappa shape index (κ2) is 2.86. The van der Waals surface area contributed by atoms with Gasteiger partial charge in [-0.15, -0.1) is 0 Å². The van der Waals surface area contributed by atoms with E-state index in [1.807, 2.05) is 0 Å². The molecule has 0 aliphatic rings. The molecule has 0 aromatic carbocycles. The molecule has 12 heavy (non-hydrogen) atoms. The Morgan fingerprint density at radius 3 is 3.08 bits per heavy atom. The Morgan fingerprint density at radius 1 is 1.42 bits per heavy atom. The van der Waals surface area contributed by atoms with Crippen LogP contribution in [-0.4, -0.2) is 31.3 Å². The van der Waals surface area contributed by atoms with E-state index in [-0.39, 0.29) is 6.61 Å². The number of fused-ring (bicyclic) bond motifs is 1. The van der Waals surface area contributed by atoms with Crippen molar-refractivity contribution >= 4 is 5.78 Å². The average Bonchev–Trinajstić information content (AvgIpc) is 2.47. The van der Waals surface area contributed by atoms with Crippen LogP contribution in [0.2, 0.25) is 0 Å². The molecule has 5 nitrogen and oxygen atoms in total. The van der Waals surface area contributed by atoms with E-state index in [2.05, 4.69) is 15.1 Å². The molecule has 2 aromatic rings. The van der Waals surface area contributed by atoms with Gasteiger partial charge in [0.25, 0.3) is 5.78 Å². The molecule has 0 spiro atoms. The van der Waals surface area contributed by atoms with Gasteiger partial charge in [-0.2, -0.15) is 5.10 Å². The lowest BCUT2D eigenvalue weighted by Crippen LogP contribution is -1.89. The molecule has 5 heteroatoms. The Balaban J connectivity index is 2.47. The minimum Gasteiger partial charge on any atom is -0.396 e. The Kier molecular flexibility index (Phi) is 1.71. The fourth-order valence-corrected chi connectivity index (χ4v) is 1.02. The molecule has 0 aliphatic heterocycles. The molecular formula is C7H8N4O. The summed E-state index contributed by atoms with van der Waals surface area (Å²) >= 11 is 0. The summed E-state index contributed by atoms with van der Waals surface area (Å²) < 4.78 is 1.59. The minimum atomic E-state index is 0.101. The van der Waals surface area contributed by atoms with Crippen molar-refractivity contribution in [2.75, 3.05) is 6.61 Å². The van der Waals surface area contributed by atoms with Crippen LogP contribution in [0.3, 0.4) is 0 Å². The van der Waals surface area contributed by atoms with Crippen molar-refractivity contribution in [3.8, 4) is 0 Å². The first-order valence-corrected chi connectivity index (χ1v) is 3.66. The highest BCUT2D eigenvalue weighted by molar-refractivity contribution is 5.27. The summed E-state index contributed by atoms with van der Waals surface area (Å²) in [5.74, 6) is 0.570. The number of hydrogen-bond acceptors (Lipinski definition) is 4. The van der Waals surface area contributed by atoms with Gasteiger partial charge in [-0.1, -0.05) is 0 Å². The summed E-state index contributed by atoms with van der Waals surface area (Å²) in [5, 5.41) is 12.6. The van der Waals surface area contributed by atoms with Crippen LogP contribution in [0, 0.1) is 0 Å². The molecule has 0 fully saturated rings. The largest absolute Gasteiger partial charge is 0.396 e. The SMILES string of the molecule is OCCc1cn2nccnc2n1. The van der Waals surface area contributed by atoms with E-state index in [1.165, 1.54) is 0 Å². The average molecular weight is 164 g/mol. The number of aromatic nitrogens is 4. The maximum atomic E-state index is 8.65. The van der Waals surface area contributed by atoms with E-state index in [4.69, 9.17) is 5.11 Å². The Bertz CT molecular complexity index is 351. The molecule has 2 heterocycles. The van der Waals surface area contributed by atoms with Gasteiger partial charge in [0.05, 0.1) is 24.3 Å². The topological polar surface area (TPSA) is 63.3 Å². The van der Waals surface area contributed by atoms with Gasteiger partial charge < -0.3 is 5.11 Å². The summed E-state index contributed by atoms with van der Waals surface area (Å²) in [6.45, 7) is 0.101. The number of imidazole rings is 1. The van der Waals surface area contributed by atoms with Crippen molar-refractivity contribution in [2.24, 2.45) is 0 Å². The van der Waals surface area contributed by atoms with E-state index in [9.17, 15) is 0 Å². The summed E-state index contributed by atoms with van der Waals surface area (Å²) in [6.07, 6.45) is 5.49. The molecule has 0 radical (unpaired) electrons. The Labute approximate surface area is 68.7 Å². The summed E-state index contributed by atoms with van der Waals surface area (Å²) in [4.78, 5) is 8.12. The standard InChI is InChI=1S/C7H8N4O/c12-4-1-6-5-11-7(10-6)8-2-3-9-11/h2-3,5,12H,1,4H2. The van der Waals surface area contributed by atoms with E-state index in [0.717, 1.165) is 5.69 Å². The third-order valence-electron chi connectivity index (χ3n) is 1.54. The van der Waals surface area contributed by atoms with Crippen LogP contribution in [0.25, 0.3) is 5.78 Å². The monoisotopic (exact) mass is 164 g/mol. The normalized spacial score (nSPS) is 10.8. The highest BCUT2D eigenvalue weighted by Gasteiger charge is 2.00. The van der Waals surface area contributed by atoms with E-state index in [1.54, 1.807) is 23.1 Å². The fourth-order valence-electron chi connectivity index (χ4n) is 1.02. The maximum absolute atomic E-state index is 8.65. The van der Waals surface area contributed by atoms with Crippen LogP contribution in [0.4, 0.5) is 0 Å². The first kappa shape index (κ1) is 7.17. The lowest BCUT2D eigenvalue weighted by atomic mass is 10.4. The number of aliphatic hydroxyl groups is 1. The van der Waals surface area contributed by atoms with Gasteiger partial charge in [-0.25, -0.2) is 14.5 Å². The number of rotatable bonds is 2. The van der Waals surface area contributed by atoms with Crippen molar-refractivity contribution in [1.82, 2.24) is 19.6 Å². The van der Waals surface area contributed by atoms with Gasteiger partial charge in [0.1, 0.15) is 0 Å². The maximum Gasteiger partial charge on any atom is 0.250 e. The molecule has 0 aliphatic carbocycles. The van der Waals surface area contributed by atoms with E-state index >= 15 is 0 Å². The van der Waals surface area contributed by atoms with Gasteiger partial charge in [0.2, 0.25) is 0 Å². The predicted octanol–water partition coefficient (Wildman–Crippen LogP) is -0.341.